The van der Waals surface area contributed by atoms with E-state index in [9.17, 15) is 14.4 Å². The average Bonchev–Trinajstić information content (AvgIpc) is 3.43. The topological polar surface area (TPSA) is 88.8 Å². The zero-order valence-electron chi connectivity index (χ0n) is 24.3. The maximum atomic E-state index is 13.8. The highest BCUT2D eigenvalue weighted by atomic mass is 35.5. The van der Waals surface area contributed by atoms with E-state index < -0.39 is 17.8 Å². The number of nitrogens with zero attached hydrogens (tertiary/aromatic N) is 7. The van der Waals surface area contributed by atoms with Crippen LogP contribution in [0.15, 0.2) is 48.8 Å². The van der Waals surface area contributed by atoms with Crippen LogP contribution in [0.4, 0.5) is 15.9 Å². The first-order chi connectivity index (χ1) is 20.8. The van der Waals surface area contributed by atoms with Crippen molar-refractivity contribution in [3.8, 4) is 12.1 Å². The number of amides is 1. The maximum absolute atomic E-state index is 13.8. The van der Waals surface area contributed by atoms with Gasteiger partial charge in [0.1, 0.15) is 12.4 Å². The number of anilines is 2. The van der Waals surface area contributed by atoms with Crippen LogP contribution in [0.1, 0.15) is 30.5 Å². The van der Waals surface area contributed by atoms with Crippen molar-refractivity contribution >= 4 is 39.8 Å². The summed E-state index contributed by atoms with van der Waals surface area (Å²) in [5, 5.41) is 12.4. The minimum absolute atomic E-state index is 0.0809. The van der Waals surface area contributed by atoms with Crippen molar-refractivity contribution in [2.45, 2.75) is 44.3 Å². The van der Waals surface area contributed by atoms with Gasteiger partial charge in [-0.3, -0.25) is 4.79 Å². The Morgan fingerprint density at radius 2 is 2.02 bits per heavy atom. The number of carbonyl (C=O) groups is 1. The first kappa shape index (κ1) is 29.1. The molecule has 4 heterocycles. The lowest BCUT2D eigenvalue weighted by Gasteiger charge is -2.42. The first-order valence-electron chi connectivity index (χ1n) is 14.8. The van der Waals surface area contributed by atoms with Crippen LogP contribution in [0.5, 0.6) is 6.01 Å². The molecule has 0 spiro atoms. The molecule has 0 unspecified atom stereocenters. The second-order valence-corrected chi connectivity index (χ2v) is 12.0. The number of nitriles is 1. The van der Waals surface area contributed by atoms with Gasteiger partial charge in [-0.1, -0.05) is 36.4 Å². The fraction of sp³-hybridized carbons (Fsp3) is 0.438. The molecule has 6 rings (SSSR count). The predicted molar refractivity (Wildman–Crippen MR) is 165 cm³/mol. The zero-order valence-corrected chi connectivity index (χ0v) is 25.1. The van der Waals surface area contributed by atoms with Crippen molar-refractivity contribution < 1.29 is 13.9 Å². The van der Waals surface area contributed by atoms with Gasteiger partial charge in [0.25, 0.3) is 5.91 Å². The van der Waals surface area contributed by atoms with E-state index in [2.05, 4.69) is 52.6 Å². The van der Waals surface area contributed by atoms with Crippen LogP contribution in [0.25, 0.3) is 10.8 Å². The normalized spacial score (nSPS) is 20.7. The molecule has 2 atom stereocenters. The summed E-state index contributed by atoms with van der Waals surface area (Å²) in [6, 6.07) is 14.5. The van der Waals surface area contributed by atoms with Gasteiger partial charge in [0.05, 0.1) is 30.8 Å². The van der Waals surface area contributed by atoms with Crippen molar-refractivity contribution in [1.29, 1.82) is 5.26 Å². The number of likely N-dealkylation sites (N-methyl/N-ethyl adjacent to an activating group) is 1. The summed E-state index contributed by atoms with van der Waals surface area (Å²) in [6.45, 7) is 7.10. The van der Waals surface area contributed by atoms with Gasteiger partial charge in [0.2, 0.25) is 0 Å². The Kier molecular flexibility index (Phi) is 8.37. The van der Waals surface area contributed by atoms with Crippen LogP contribution >= 0.6 is 11.6 Å². The predicted octanol–water partition coefficient (Wildman–Crippen LogP) is 4.73. The molecule has 1 aromatic heterocycles. The molecule has 0 bridgehead atoms. The van der Waals surface area contributed by atoms with E-state index in [1.54, 1.807) is 0 Å². The highest BCUT2D eigenvalue weighted by molar-refractivity contribution is 6.31. The molecule has 9 nitrogen and oxygen atoms in total. The molecule has 0 aliphatic carbocycles. The third kappa shape index (κ3) is 5.97. The standard InChI is InChI=1S/C32H35ClFN7O2/c1-21(34)31(42)41-16-15-40(18-24(41)10-12-35)30-26-11-14-39(29-7-3-5-22-8-9-23(33)17-27(22)29)19-28(26)36-32(37-30)43-20-25-6-4-13-38(25)2/h3,5,7-9,17,24-25H,1,4,6,10-11,13-16,18-20H2,2H3/t24-,25-/m0/s1. The van der Waals surface area contributed by atoms with E-state index in [4.69, 9.17) is 26.3 Å². The van der Waals surface area contributed by atoms with Crippen LogP contribution in [0.3, 0.4) is 0 Å². The van der Waals surface area contributed by atoms with Crippen molar-refractivity contribution in [3.05, 3.63) is 65.1 Å². The molecule has 43 heavy (non-hydrogen) atoms. The Hall–Kier alpha value is -3.94. The Bertz CT molecular complexity index is 1590. The van der Waals surface area contributed by atoms with Crippen molar-refractivity contribution in [3.63, 3.8) is 0 Å². The summed E-state index contributed by atoms with van der Waals surface area (Å²) >= 11 is 6.38. The van der Waals surface area contributed by atoms with E-state index in [0.29, 0.717) is 49.7 Å². The molecule has 0 radical (unpaired) electrons. The first-order valence-corrected chi connectivity index (χ1v) is 15.1. The molecule has 3 aromatic rings. The number of hydrogen-bond acceptors (Lipinski definition) is 8. The summed E-state index contributed by atoms with van der Waals surface area (Å²) in [5.41, 5.74) is 3.01. The molecular weight excluding hydrogens is 569 g/mol. The molecule has 1 amide bonds. The Balaban J connectivity index is 1.33. The summed E-state index contributed by atoms with van der Waals surface area (Å²) in [6.07, 6.45) is 2.99. The Morgan fingerprint density at radius 3 is 2.79 bits per heavy atom. The largest absolute Gasteiger partial charge is 0.462 e. The minimum atomic E-state index is -1.02. The maximum Gasteiger partial charge on any atom is 0.318 e. The number of likely N-dealkylation sites (tertiary alicyclic amines) is 1. The number of benzene rings is 2. The van der Waals surface area contributed by atoms with Crippen LogP contribution in [-0.2, 0) is 17.8 Å². The molecule has 0 saturated carbocycles. The van der Waals surface area contributed by atoms with Crippen LogP contribution in [0.2, 0.25) is 5.02 Å². The smallest absolute Gasteiger partial charge is 0.318 e. The lowest BCUT2D eigenvalue weighted by Crippen LogP contribution is -2.55. The van der Waals surface area contributed by atoms with Gasteiger partial charge in [-0.05, 0) is 56.4 Å². The Labute approximate surface area is 256 Å². The van der Waals surface area contributed by atoms with Crippen molar-refractivity contribution in [2.75, 3.05) is 56.2 Å². The second kappa shape index (κ2) is 12.3. The second-order valence-electron chi connectivity index (χ2n) is 11.5. The third-order valence-electron chi connectivity index (χ3n) is 8.86. The van der Waals surface area contributed by atoms with E-state index >= 15 is 0 Å². The van der Waals surface area contributed by atoms with Gasteiger partial charge < -0.3 is 24.3 Å². The lowest BCUT2D eigenvalue weighted by atomic mass is 10.0. The zero-order chi connectivity index (χ0) is 30.1. The van der Waals surface area contributed by atoms with Gasteiger partial charge in [-0.2, -0.15) is 15.2 Å². The number of aromatic nitrogens is 2. The van der Waals surface area contributed by atoms with Gasteiger partial charge in [-0.25, -0.2) is 4.39 Å². The fourth-order valence-corrected chi connectivity index (χ4v) is 6.71. The number of rotatable bonds is 7. The van der Waals surface area contributed by atoms with Crippen molar-refractivity contribution in [2.24, 2.45) is 0 Å². The number of piperazine rings is 1. The molecule has 224 valence electrons. The van der Waals surface area contributed by atoms with Crippen LogP contribution in [0, 0.1) is 11.3 Å². The van der Waals surface area contributed by atoms with E-state index in [0.717, 1.165) is 59.5 Å². The average molecular weight is 604 g/mol. The van der Waals surface area contributed by atoms with Crippen molar-refractivity contribution in [1.82, 2.24) is 19.8 Å². The summed E-state index contributed by atoms with van der Waals surface area (Å²) in [7, 11) is 2.11. The lowest BCUT2D eigenvalue weighted by molar-refractivity contribution is -0.131. The molecule has 3 aliphatic heterocycles. The number of fused-ring (bicyclic) bond motifs is 2. The number of carbonyl (C=O) groups excluding carboxylic acids is 1. The van der Waals surface area contributed by atoms with E-state index in [-0.39, 0.29) is 13.0 Å². The van der Waals surface area contributed by atoms with Crippen LogP contribution in [-0.4, -0.2) is 84.1 Å². The summed E-state index contributed by atoms with van der Waals surface area (Å²) in [4.78, 5) is 30.5. The van der Waals surface area contributed by atoms with E-state index in [1.165, 1.54) is 4.90 Å². The molecule has 2 fully saturated rings. The molecule has 3 aliphatic rings. The molecule has 0 N–H and O–H groups in total. The molecular formula is C32H35ClFN7O2. The minimum Gasteiger partial charge on any atom is -0.462 e. The van der Waals surface area contributed by atoms with Gasteiger partial charge >= 0.3 is 6.01 Å². The number of hydrogen-bond donors (Lipinski definition) is 0. The quantitative estimate of drug-likeness (QED) is 0.358. The van der Waals surface area contributed by atoms with Gasteiger partial charge in [0, 0.05) is 53.9 Å². The highest BCUT2D eigenvalue weighted by Crippen LogP contribution is 2.36. The summed E-state index contributed by atoms with van der Waals surface area (Å²) in [5.74, 6) is -1.02. The highest BCUT2D eigenvalue weighted by Gasteiger charge is 2.35. The molecule has 2 saturated heterocycles. The molecule has 2 aromatic carbocycles. The number of ether oxygens (including phenoxy) is 1. The van der Waals surface area contributed by atoms with Gasteiger partial charge in [0.15, 0.2) is 5.83 Å². The fourth-order valence-electron chi connectivity index (χ4n) is 6.54. The van der Waals surface area contributed by atoms with Crippen LogP contribution < -0.4 is 14.5 Å². The monoisotopic (exact) mass is 603 g/mol. The SMILES string of the molecule is C=C(F)C(=O)N1CCN(c2nc(OC[C@@H]3CCCN3C)nc3c2CCN(c2cccc4ccc(Cl)cc24)C3)C[C@@H]1CC#N. The summed E-state index contributed by atoms with van der Waals surface area (Å²) < 4.78 is 20.0. The Morgan fingerprint density at radius 1 is 1.16 bits per heavy atom. The third-order valence-corrected chi connectivity index (χ3v) is 9.10. The van der Waals surface area contributed by atoms with E-state index in [1.807, 2.05) is 18.2 Å². The molecule has 11 heteroatoms. The number of halogens is 2. The van der Waals surface area contributed by atoms with Gasteiger partial charge in [-0.15, -0.1) is 0 Å².